The summed E-state index contributed by atoms with van der Waals surface area (Å²) in [5, 5.41) is 4.72. The first-order valence-electron chi connectivity index (χ1n) is 7.18. The predicted molar refractivity (Wildman–Crippen MR) is 93.4 cm³/mol. The van der Waals surface area contributed by atoms with Crippen molar-refractivity contribution in [2.45, 2.75) is 6.42 Å². The summed E-state index contributed by atoms with van der Waals surface area (Å²) in [6.45, 7) is 0. The van der Waals surface area contributed by atoms with Gasteiger partial charge in [0.2, 0.25) is 5.91 Å². The van der Waals surface area contributed by atoms with Gasteiger partial charge in [0.25, 0.3) is 0 Å². The first kappa shape index (κ1) is 15.1. The first-order valence-corrected chi connectivity index (χ1v) is 8.00. The monoisotopic (exact) mass is 321 g/mol. The molecule has 114 valence electrons. The fourth-order valence-corrected chi connectivity index (χ4v) is 2.86. The maximum Gasteiger partial charge on any atom is 0.244 e. The summed E-state index contributed by atoms with van der Waals surface area (Å²) >= 11 is 1.53. The third kappa shape index (κ3) is 4.34. The largest absolute Gasteiger partial charge is 0.273 e. The number of hydrogen-bond acceptors (Lipinski definition) is 4. The number of aromatic nitrogens is 1. The van der Waals surface area contributed by atoms with Crippen molar-refractivity contribution in [3.05, 3.63) is 77.4 Å². The third-order valence-corrected chi connectivity index (χ3v) is 4.13. The lowest BCUT2D eigenvalue weighted by atomic mass is 10.1. The Labute approximate surface area is 138 Å². The highest BCUT2D eigenvalue weighted by Crippen LogP contribution is 2.24. The van der Waals surface area contributed by atoms with E-state index in [1.807, 2.05) is 66.9 Å². The molecule has 0 fully saturated rings. The SMILES string of the molecule is O=C(Cc1ccccc1)N/N=C/c1ncc(-c2ccccc2)s1. The number of hydrazone groups is 1. The highest BCUT2D eigenvalue weighted by molar-refractivity contribution is 7.16. The smallest absolute Gasteiger partial charge is 0.244 e. The van der Waals surface area contributed by atoms with Gasteiger partial charge < -0.3 is 0 Å². The molecular formula is C18H15N3OS. The van der Waals surface area contributed by atoms with Crippen molar-refractivity contribution >= 4 is 23.5 Å². The number of benzene rings is 2. The molecule has 0 aliphatic heterocycles. The molecule has 0 saturated carbocycles. The Balaban J connectivity index is 1.56. The van der Waals surface area contributed by atoms with Crippen LogP contribution in [-0.4, -0.2) is 17.1 Å². The summed E-state index contributed by atoms with van der Waals surface area (Å²) in [6.07, 6.45) is 3.69. The Bertz CT molecular complexity index is 797. The summed E-state index contributed by atoms with van der Waals surface area (Å²) in [5.74, 6) is -0.146. The Kier molecular flexibility index (Phi) is 4.91. The number of hydrogen-bond donors (Lipinski definition) is 1. The van der Waals surface area contributed by atoms with Crippen molar-refractivity contribution in [1.29, 1.82) is 0 Å². The van der Waals surface area contributed by atoms with Crippen molar-refractivity contribution in [2.24, 2.45) is 5.10 Å². The third-order valence-electron chi connectivity index (χ3n) is 3.15. The Morgan fingerprint density at radius 2 is 1.78 bits per heavy atom. The van der Waals surface area contributed by atoms with E-state index in [1.54, 1.807) is 6.21 Å². The summed E-state index contributed by atoms with van der Waals surface area (Å²) in [5.41, 5.74) is 4.61. The van der Waals surface area contributed by atoms with E-state index in [2.05, 4.69) is 15.5 Å². The Morgan fingerprint density at radius 3 is 2.52 bits per heavy atom. The van der Waals surface area contributed by atoms with Crippen LogP contribution in [-0.2, 0) is 11.2 Å². The van der Waals surface area contributed by atoms with Gasteiger partial charge in [-0.3, -0.25) is 4.79 Å². The lowest BCUT2D eigenvalue weighted by Gasteiger charge is -1.99. The van der Waals surface area contributed by atoms with Crippen LogP contribution in [0.2, 0.25) is 0 Å². The van der Waals surface area contributed by atoms with Crippen LogP contribution >= 0.6 is 11.3 Å². The summed E-state index contributed by atoms with van der Waals surface area (Å²) in [4.78, 5) is 17.2. The minimum absolute atomic E-state index is 0.146. The second-order valence-corrected chi connectivity index (χ2v) is 5.95. The number of rotatable bonds is 5. The molecule has 2 aromatic carbocycles. The van der Waals surface area contributed by atoms with Gasteiger partial charge in [0.05, 0.1) is 17.5 Å². The number of thiazole rings is 1. The van der Waals surface area contributed by atoms with Crippen molar-refractivity contribution < 1.29 is 4.79 Å². The van der Waals surface area contributed by atoms with Crippen LogP contribution in [0.15, 0.2) is 72.0 Å². The fourth-order valence-electron chi connectivity index (χ4n) is 2.06. The molecule has 1 amide bonds. The highest BCUT2D eigenvalue weighted by atomic mass is 32.1. The van der Waals surface area contributed by atoms with Crippen molar-refractivity contribution in [3.63, 3.8) is 0 Å². The molecule has 0 radical (unpaired) electrons. The minimum Gasteiger partial charge on any atom is -0.273 e. The zero-order valence-electron chi connectivity index (χ0n) is 12.3. The molecule has 0 bridgehead atoms. The average molecular weight is 321 g/mol. The van der Waals surface area contributed by atoms with Crippen molar-refractivity contribution in [1.82, 2.24) is 10.4 Å². The quantitative estimate of drug-likeness (QED) is 0.577. The number of nitrogens with zero attached hydrogens (tertiary/aromatic N) is 2. The molecule has 1 heterocycles. The van der Waals surface area contributed by atoms with Crippen LogP contribution < -0.4 is 5.43 Å². The van der Waals surface area contributed by atoms with Crippen LogP contribution in [0.1, 0.15) is 10.6 Å². The Hall–Kier alpha value is -2.79. The van der Waals surface area contributed by atoms with Gasteiger partial charge in [-0.15, -0.1) is 11.3 Å². The lowest BCUT2D eigenvalue weighted by Crippen LogP contribution is -2.19. The predicted octanol–water partition coefficient (Wildman–Crippen LogP) is 3.50. The van der Waals surface area contributed by atoms with Gasteiger partial charge in [0.1, 0.15) is 5.01 Å². The normalized spacial score (nSPS) is 10.8. The maximum atomic E-state index is 11.8. The van der Waals surface area contributed by atoms with Gasteiger partial charge in [-0.1, -0.05) is 60.7 Å². The molecular weight excluding hydrogens is 306 g/mol. The second-order valence-electron chi connectivity index (χ2n) is 4.88. The molecule has 1 N–H and O–H groups in total. The van der Waals surface area contributed by atoms with Crippen LogP contribution in [0.5, 0.6) is 0 Å². The lowest BCUT2D eigenvalue weighted by molar-refractivity contribution is -0.120. The number of carbonyl (C=O) groups is 1. The molecule has 1 aromatic heterocycles. The van der Waals surface area contributed by atoms with Gasteiger partial charge in [-0.2, -0.15) is 5.10 Å². The molecule has 0 unspecified atom stereocenters. The molecule has 4 nitrogen and oxygen atoms in total. The number of amides is 1. The van der Waals surface area contributed by atoms with Gasteiger partial charge in [-0.25, -0.2) is 10.4 Å². The molecule has 0 saturated heterocycles. The fraction of sp³-hybridized carbons (Fsp3) is 0.0556. The van der Waals surface area contributed by atoms with Gasteiger partial charge >= 0.3 is 0 Å². The van der Waals surface area contributed by atoms with Gasteiger partial charge in [0, 0.05) is 6.20 Å². The Morgan fingerprint density at radius 1 is 1.09 bits per heavy atom. The standard InChI is InChI=1S/C18H15N3OS/c22-17(11-14-7-3-1-4-8-14)21-20-13-18-19-12-16(23-18)15-9-5-2-6-10-15/h1-10,12-13H,11H2,(H,21,22)/b20-13+. The molecule has 0 atom stereocenters. The summed E-state index contributed by atoms with van der Waals surface area (Å²) < 4.78 is 0. The average Bonchev–Trinajstić information content (AvgIpc) is 3.05. The van der Waals surface area contributed by atoms with Gasteiger partial charge in [-0.05, 0) is 11.1 Å². The molecule has 23 heavy (non-hydrogen) atoms. The molecule has 3 rings (SSSR count). The van der Waals surface area contributed by atoms with E-state index in [1.165, 1.54) is 11.3 Å². The topological polar surface area (TPSA) is 54.4 Å². The zero-order chi connectivity index (χ0) is 15.9. The van der Waals surface area contributed by atoms with E-state index in [4.69, 9.17) is 0 Å². The highest BCUT2D eigenvalue weighted by Gasteiger charge is 2.03. The van der Waals surface area contributed by atoms with Crippen LogP contribution in [0.25, 0.3) is 10.4 Å². The first-order chi connectivity index (χ1) is 11.3. The summed E-state index contributed by atoms with van der Waals surface area (Å²) in [7, 11) is 0. The number of carbonyl (C=O) groups excluding carboxylic acids is 1. The zero-order valence-corrected chi connectivity index (χ0v) is 13.2. The van der Waals surface area contributed by atoms with E-state index < -0.39 is 0 Å². The van der Waals surface area contributed by atoms with Crippen LogP contribution in [0.3, 0.4) is 0 Å². The van der Waals surface area contributed by atoms with E-state index in [0.29, 0.717) is 6.42 Å². The molecule has 3 aromatic rings. The second kappa shape index (κ2) is 7.47. The van der Waals surface area contributed by atoms with E-state index in [0.717, 1.165) is 21.0 Å². The minimum atomic E-state index is -0.146. The van der Waals surface area contributed by atoms with E-state index >= 15 is 0 Å². The molecule has 0 aliphatic rings. The van der Waals surface area contributed by atoms with Gasteiger partial charge in [0.15, 0.2) is 0 Å². The van der Waals surface area contributed by atoms with Crippen LogP contribution in [0, 0.1) is 0 Å². The maximum absolute atomic E-state index is 11.8. The number of nitrogens with one attached hydrogen (secondary N) is 1. The molecule has 0 spiro atoms. The molecule has 5 heteroatoms. The van der Waals surface area contributed by atoms with E-state index in [9.17, 15) is 4.79 Å². The van der Waals surface area contributed by atoms with Crippen molar-refractivity contribution in [3.8, 4) is 10.4 Å². The molecule has 0 aliphatic carbocycles. The summed E-state index contributed by atoms with van der Waals surface area (Å²) in [6, 6.07) is 19.6. The van der Waals surface area contributed by atoms with E-state index in [-0.39, 0.29) is 5.91 Å². The van der Waals surface area contributed by atoms with Crippen molar-refractivity contribution in [2.75, 3.05) is 0 Å². The van der Waals surface area contributed by atoms with Crippen LogP contribution in [0.4, 0.5) is 0 Å².